The Morgan fingerprint density at radius 2 is 2.08 bits per heavy atom. The largest absolute Gasteiger partial charge is 0.478 e. The summed E-state index contributed by atoms with van der Waals surface area (Å²) in [5, 5.41) is 8.50. The molecule has 3 nitrogen and oxygen atoms in total. The quantitative estimate of drug-likeness (QED) is 0.467. The second kappa shape index (κ2) is 7.80. The maximum atomic E-state index is 10.3. The van der Waals surface area contributed by atoms with Crippen molar-refractivity contribution in [3.8, 4) is 0 Å². The molecule has 0 bridgehead atoms. The van der Waals surface area contributed by atoms with Gasteiger partial charge >= 0.3 is 5.97 Å². The number of carboxylic acids is 1. The Morgan fingerprint density at radius 1 is 1.38 bits per heavy atom. The lowest BCUT2D eigenvalue weighted by Crippen LogP contribution is -1.99. The summed E-state index contributed by atoms with van der Waals surface area (Å²) in [6.45, 7) is 6.95. The van der Waals surface area contributed by atoms with Gasteiger partial charge in [0.05, 0.1) is 0 Å². The van der Waals surface area contributed by atoms with Gasteiger partial charge in [-0.2, -0.15) is 0 Å². The first-order valence-electron chi connectivity index (χ1n) is 4.67. The minimum Gasteiger partial charge on any atom is -0.478 e. The van der Waals surface area contributed by atoms with E-state index in [9.17, 15) is 4.79 Å². The zero-order valence-corrected chi connectivity index (χ0v) is 8.21. The second-order valence-electron chi connectivity index (χ2n) is 2.92. The van der Waals surface area contributed by atoms with Crippen LogP contribution in [0.4, 0.5) is 0 Å². The maximum Gasteiger partial charge on any atom is 0.330 e. The molecule has 76 valence electrons. The van der Waals surface area contributed by atoms with Gasteiger partial charge < -0.3 is 9.84 Å². The van der Waals surface area contributed by atoms with Gasteiger partial charge in [0.1, 0.15) is 0 Å². The first kappa shape index (κ1) is 12.2. The van der Waals surface area contributed by atoms with Gasteiger partial charge in [-0.05, 0) is 26.2 Å². The Labute approximate surface area is 79.4 Å². The van der Waals surface area contributed by atoms with Gasteiger partial charge in [0.2, 0.25) is 0 Å². The molecule has 0 unspecified atom stereocenters. The highest BCUT2D eigenvalue weighted by atomic mass is 16.5. The number of rotatable bonds is 8. The van der Waals surface area contributed by atoms with Crippen molar-refractivity contribution in [2.24, 2.45) is 0 Å². The van der Waals surface area contributed by atoms with Gasteiger partial charge in [0.25, 0.3) is 0 Å². The van der Waals surface area contributed by atoms with Crippen molar-refractivity contribution in [3.05, 3.63) is 12.2 Å². The van der Waals surface area contributed by atoms with E-state index in [2.05, 4.69) is 6.58 Å². The zero-order valence-electron chi connectivity index (χ0n) is 8.21. The lowest BCUT2D eigenvalue weighted by molar-refractivity contribution is -0.132. The number of carboxylic acid groups (broad SMARTS) is 1. The van der Waals surface area contributed by atoms with Crippen LogP contribution in [0.25, 0.3) is 0 Å². The summed E-state index contributed by atoms with van der Waals surface area (Å²) in [5.74, 6) is -0.884. The van der Waals surface area contributed by atoms with Crippen molar-refractivity contribution in [3.63, 3.8) is 0 Å². The first-order valence-corrected chi connectivity index (χ1v) is 4.67. The van der Waals surface area contributed by atoms with Crippen molar-refractivity contribution < 1.29 is 14.6 Å². The summed E-state index contributed by atoms with van der Waals surface area (Å²) in [6, 6.07) is 0. The van der Waals surface area contributed by atoms with E-state index in [-0.39, 0.29) is 0 Å². The minimum absolute atomic E-state index is 0.302. The van der Waals surface area contributed by atoms with Gasteiger partial charge in [-0.25, -0.2) is 4.79 Å². The van der Waals surface area contributed by atoms with Crippen LogP contribution in [0, 0.1) is 0 Å². The average molecular weight is 186 g/mol. The molecule has 0 saturated heterocycles. The molecule has 0 heterocycles. The highest BCUT2D eigenvalue weighted by molar-refractivity contribution is 5.85. The highest BCUT2D eigenvalue weighted by Gasteiger charge is 2.02. The second-order valence-corrected chi connectivity index (χ2v) is 2.92. The summed E-state index contributed by atoms with van der Waals surface area (Å²) in [7, 11) is 0. The molecule has 13 heavy (non-hydrogen) atoms. The number of ether oxygens (including phenoxy) is 1. The van der Waals surface area contributed by atoms with Crippen LogP contribution >= 0.6 is 0 Å². The van der Waals surface area contributed by atoms with Gasteiger partial charge in [-0.15, -0.1) is 0 Å². The van der Waals surface area contributed by atoms with Crippen molar-refractivity contribution in [2.75, 3.05) is 13.2 Å². The number of unbranched alkanes of at least 4 members (excludes halogenated alkanes) is 2. The predicted molar refractivity (Wildman–Crippen MR) is 51.7 cm³/mol. The van der Waals surface area contributed by atoms with Gasteiger partial charge in [0.15, 0.2) is 0 Å². The molecule has 0 amide bonds. The van der Waals surface area contributed by atoms with Gasteiger partial charge in [-0.3, -0.25) is 0 Å². The van der Waals surface area contributed by atoms with E-state index in [1.165, 1.54) is 0 Å². The number of hydrogen-bond donors (Lipinski definition) is 1. The standard InChI is InChI=1S/C10H18O3/c1-3-13-8-6-4-5-7-9(2)10(11)12/h2-8H2,1H3,(H,11,12). The molecule has 0 spiro atoms. The summed E-state index contributed by atoms with van der Waals surface area (Å²) < 4.78 is 5.15. The third kappa shape index (κ3) is 7.53. The molecule has 0 aliphatic carbocycles. The molecule has 0 aliphatic rings. The van der Waals surface area contributed by atoms with E-state index >= 15 is 0 Å². The smallest absolute Gasteiger partial charge is 0.330 e. The predicted octanol–water partition coefficient (Wildman–Crippen LogP) is 2.22. The van der Waals surface area contributed by atoms with Crippen LogP contribution < -0.4 is 0 Å². The fourth-order valence-electron chi connectivity index (χ4n) is 0.971. The van der Waals surface area contributed by atoms with E-state index in [0.29, 0.717) is 12.0 Å². The fraction of sp³-hybridized carbons (Fsp3) is 0.700. The molecule has 0 aromatic carbocycles. The molecular formula is C10H18O3. The molecular weight excluding hydrogens is 168 g/mol. The zero-order chi connectivity index (χ0) is 10.1. The molecule has 0 atom stereocenters. The Hall–Kier alpha value is -0.830. The van der Waals surface area contributed by atoms with Crippen molar-refractivity contribution in [1.82, 2.24) is 0 Å². The van der Waals surface area contributed by atoms with Crippen LogP contribution in [0.5, 0.6) is 0 Å². The van der Waals surface area contributed by atoms with Crippen LogP contribution in [0.1, 0.15) is 32.6 Å². The van der Waals surface area contributed by atoms with Crippen LogP contribution in [0.15, 0.2) is 12.2 Å². The van der Waals surface area contributed by atoms with Crippen LogP contribution in [0.2, 0.25) is 0 Å². The monoisotopic (exact) mass is 186 g/mol. The summed E-state index contributed by atoms with van der Waals surface area (Å²) in [5.41, 5.74) is 0.302. The van der Waals surface area contributed by atoms with Crippen molar-refractivity contribution in [2.45, 2.75) is 32.6 Å². The SMILES string of the molecule is C=C(CCCCCOCC)C(=O)O. The molecule has 0 radical (unpaired) electrons. The molecule has 0 aromatic heterocycles. The third-order valence-corrected chi connectivity index (χ3v) is 1.77. The van der Waals surface area contributed by atoms with Crippen molar-refractivity contribution >= 4 is 5.97 Å². The van der Waals surface area contributed by atoms with E-state index in [1.54, 1.807) is 0 Å². The number of carbonyl (C=O) groups is 1. The average Bonchev–Trinajstić information content (AvgIpc) is 2.10. The number of aliphatic carboxylic acids is 1. The van der Waals surface area contributed by atoms with Crippen LogP contribution in [-0.2, 0) is 9.53 Å². The summed E-state index contributed by atoms with van der Waals surface area (Å²) in [4.78, 5) is 10.3. The first-order chi connectivity index (χ1) is 6.18. The molecule has 3 heteroatoms. The Bertz CT molecular complexity index is 164. The lowest BCUT2D eigenvalue weighted by atomic mass is 10.1. The maximum absolute atomic E-state index is 10.3. The number of hydrogen-bond acceptors (Lipinski definition) is 2. The summed E-state index contributed by atoms with van der Waals surface area (Å²) in [6.07, 6.45) is 3.48. The molecule has 0 fully saturated rings. The van der Waals surface area contributed by atoms with E-state index in [4.69, 9.17) is 9.84 Å². The highest BCUT2D eigenvalue weighted by Crippen LogP contribution is 2.07. The minimum atomic E-state index is -0.884. The Balaban J connectivity index is 3.16. The van der Waals surface area contributed by atoms with Crippen LogP contribution in [0.3, 0.4) is 0 Å². The molecule has 0 aromatic rings. The van der Waals surface area contributed by atoms with Crippen LogP contribution in [-0.4, -0.2) is 24.3 Å². The molecule has 0 rings (SSSR count). The third-order valence-electron chi connectivity index (χ3n) is 1.77. The summed E-state index contributed by atoms with van der Waals surface area (Å²) >= 11 is 0. The Kier molecular flexibility index (Phi) is 7.30. The van der Waals surface area contributed by atoms with E-state index < -0.39 is 5.97 Å². The molecule has 0 saturated carbocycles. The van der Waals surface area contributed by atoms with Gasteiger partial charge in [-0.1, -0.05) is 13.0 Å². The lowest BCUT2D eigenvalue weighted by Gasteiger charge is -2.01. The van der Waals surface area contributed by atoms with Crippen molar-refractivity contribution in [1.29, 1.82) is 0 Å². The normalized spacial score (nSPS) is 9.92. The Morgan fingerprint density at radius 3 is 2.62 bits per heavy atom. The molecule has 1 N–H and O–H groups in total. The molecule has 0 aliphatic heterocycles. The topological polar surface area (TPSA) is 46.5 Å². The van der Waals surface area contributed by atoms with Gasteiger partial charge in [0, 0.05) is 18.8 Å². The van der Waals surface area contributed by atoms with E-state index in [0.717, 1.165) is 32.5 Å². The van der Waals surface area contributed by atoms with E-state index in [1.807, 2.05) is 6.92 Å². The fourth-order valence-corrected chi connectivity index (χ4v) is 0.971.